The molecule has 0 amide bonds. The minimum atomic E-state index is 0.403. The van der Waals surface area contributed by atoms with Crippen LogP contribution in [-0.2, 0) is 6.42 Å². The molecular weight excluding hydrogens is 214 g/mol. The van der Waals surface area contributed by atoms with Crippen LogP contribution in [0.2, 0.25) is 0 Å². The molecular formula is C14H25NS. The molecule has 0 saturated heterocycles. The van der Waals surface area contributed by atoms with Crippen LogP contribution in [0.4, 0.5) is 0 Å². The van der Waals surface area contributed by atoms with Crippen molar-refractivity contribution in [1.29, 1.82) is 0 Å². The second-order valence-electron chi connectivity index (χ2n) is 5.41. The summed E-state index contributed by atoms with van der Waals surface area (Å²) < 4.78 is 0. The molecule has 16 heavy (non-hydrogen) atoms. The third-order valence-electron chi connectivity index (χ3n) is 3.03. The quantitative estimate of drug-likeness (QED) is 0.793. The summed E-state index contributed by atoms with van der Waals surface area (Å²) in [5, 5.41) is 3.45. The zero-order valence-electron chi connectivity index (χ0n) is 11.3. The molecule has 0 radical (unpaired) electrons. The number of rotatable bonds is 6. The van der Waals surface area contributed by atoms with E-state index in [9.17, 15) is 0 Å². The van der Waals surface area contributed by atoms with Gasteiger partial charge in [-0.15, -0.1) is 11.3 Å². The zero-order chi connectivity index (χ0) is 12.2. The highest BCUT2D eigenvalue weighted by atomic mass is 32.1. The topological polar surface area (TPSA) is 12.0 Å². The first-order valence-corrected chi connectivity index (χ1v) is 7.03. The number of hydrogen-bond donors (Lipinski definition) is 1. The van der Waals surface area contributed by atoms with Gasteiger partial charge in [-0.3, -0.25) is 0 Å². The minimum absolute atomic E-state index is 0.403. The van der Waals surface area contributed by atoms with Crippen LogP contribution in [-0.4, -0.2) is 13.1 Å². The molecule has 0 fully saturated rings. The smallest absolute Gasteiger partial charge is 0.00774 e. The SMILES string of the molecule is CCNCC(C)(C)CCc1sc(C)cc1C. The highest BCUT2D eigenvalue weighted by Crippen LogP contribution is 2.27. The maximum Gasteiger partial charge on any atom is 0.00774 e. The van der Waals surface area contributed by atoms with Crippen molar-refractivity contribution in [2.24, 2.45) is 5.41 Å². The van der Waals surface area contributed by atoms with Gasteiger partial charge in [0.05, 0.1) is 0 Å². The van der Waals surface area contributed by atoms with E-state index in [0.29, 0.717) is 5.41 Å². The molecule has 0 spiro atoms. The maximum absolute atomic E-state index is 3.45. The molecule has 0 unspecified atom stereocenters. The number of nitrogens with one attached hydrogen (secondary N) is 1. The van der Waals surface area contributed by atoms with Gasteiger partial charge in [0.25, 0.3) is 0 Å². The predicted molar refractivity (Wildman–Crippen MR) is 74.4 cm³/mol. The predicted octanol–water partition coefficient (Wildman–Crippen LogP) is 3.93. The Balaban J connectivity index is 2.47. The van der Waals surface area contributed by atoms with E-state index in [1.807, 2.05) is 11.3 Å². The lowest BCUT2D eigenvalue weighted by Crippen LogP contribution is -2.29. The van der Waals surface area contributed by atoms with Gasteiger partial charge in [0.15, 0.2) is 0 Å². The number of thiophene rings is 1. The van der Waals surface area contributed by atoms with E-state index < -0.39 is 0 Å². The normalized spacial score (nSPS) is 12.1. The Labute approximate surface area is 104 Å². The molecule has 1 N–H and O–H groups in total. The van der Waals surface area contributed by atoms with E-state index >= 15 is 0 Å². The van der Waals surface area contributed by atoms with E-state index in [1.54, 1.807) is 4.88 Å². The minimum Gasteiger partial charge on any atom is -0.316 e. The van der Waals surface area contributed by atoms with Gasteiger partial charge in [-0.05, 0) is 50.3 Å². The second-order valence-corrected chi connectivity index (χ2v) is 6.75. The van der Waals surface area contributed by atoms with Crippen molar-refractivity contribution in [2.75, 3.05) is 13.1 Å². The number of hydrogen-bond acceptors (Lipinski definition) is 2. The molecule has 1 nitrogen and oxygen atoms in total. The van der Waals surface area contributed by atoms with Gasteiger partial charge in [-0.25, -0.2) is 0 Å². The van der Waals surface area contributed by atoms with Crippen LogP contribution in [0.15, 0.2) is 6.07 Å². The van der Waals surface area contributed by atoms with Gasteiger partial charge < -0.3 is 5.32 Å². The fraction of sp³-hybridized carbons (Fsp3) is 0.714. The first-order chi connectivity index (χ1) is 7.44. The summed E-state index contributed by atoms with van der Waals surface area (Å²) in [7, 11) is 0. The lowest BCUT2D eigenvalue weighted by atomic mass is 9.87. The highest BCUT2D eigenvalue weighted by Gasteiger charge is 2.17. The Bertz CT molecular complexity index is 325. The molecule has 2 heteroatoms. The molecule has 1 aromatic rings. The molecule has 0 atom stereocenters. The first kappa shape index (κ1) is 13.7. The third kappa shape index (κ3) is 4.26. The van der Waals surface area contributed by atoms with Gasteiger partial charge in [0, 0.05) is 16.3 Å². The van der Waals surface area contributed by atoms with Crippen molar-refractivity contribution in [3.8, 4) is 0 Å². The largest absolute Gasteiger partial charge is 0.316 e. The third-order valence-corrected chi connectivity index (χ3v) is 4.24. The van der Waals surface area contributed by atoms with Crippen molar-refractivity contribution < 1.29 is 0 Å². The van der Waals surface area contributed by atoms with Crippen molar-refractivity contribution in [3.63, 3.8) is 0 Å². The molecule has 0 saturated carbocycles. The van der Waals surface area contributed by atoms with Crippen LogP contribution in [0.25, 0.3) is 0 Å². The standard InChI is InChI=1S/C14H25NS/c1-6-15-10-14(4,5)8-7-13-11(2)9-12(3)16-13/h9,15H,6-8,10H2,1-5H3. The molecule has 0 aliphatic carbocycles. The first-order valence-electron chi connectivity index (χ1n) is 6.21. The van der Waals surface area contributed by atoms with Crippen molar-refractivity contribution >= 4 is 11.3 Å². The Morgan fingerprint density at radius 2 is 2.00 bits per heavy atom. The molecule has 1 heterocycles. The monoisotopic (exact) mass is 239 g/mol. The van der Waals surface area contributed by atoms with Gasteiger partial charge in [0.2, 0.25) is 0 Å². The van der Waals surface area contributed by atoms with E-state index in [1.165, 1.54) is 23.3 Å². The summed E-state index contributed by atoms with van der Waals surface area (Å²) in [4.78, 5) is 3.01. The lowest BCUT2D eigenvalue weighted by molar-refractivity contribution is 0.318. The van der Waals surface area contributed by atoms with Crippen molar-refractivity contribution in [3.05, 3.63) is 21.4 Å². The Morgan fingerprint density at radius 3 is 2.50 bits per heavy atom. The fourth-order valence-corrected chi connectivity index (χ4v) is 2.99. The van der Waals surface area contributed by atoms with E-state index in [2.05, 4.69) is 46.0 Å². The molecule has 92 valence electrons. The van der Waals surface area contributed by atoms with Gasteiger partial charge in [0.1, 0.15) is 0 Å². The number of aryl methyl sites for hydroxylation is 3. The highest BCUT2D eigenvalue weighted by molar-refractivity contribution is 7.12. The summed E-state index contributed by atoms with van der Waals surface area (Å²) in [6.45, 7) is 13.5. The Morgan fingerprint density at radius 1 is 1.31 bits per heavy atom. The summed E-state index contributed by atoms with van der Waals surface area (Å²) in [6, 6.07) is 2.30. The van der Waals surface area contributed by atoms with Crippen molar-refractivity contribution in [1.82, 2.24) is 5.32 Å². The maximum atomic E-state index is 3.45. The second kappa shape index (κ2) is 5.83. The summed E-state index contributed by atoms with van der Waals surface area (Å²) >= 11 is 1.96. The Kier molecular flexibility index (Phi) is 5.00. The van der Waals surface area contributed by atoms with Crippen molar-refractivity contribution in [2.45, 2.75) is 47.5 Å². The molecule has 1 rings (SSSR count). The van der Waals surface area contributed by atoms with Gasteiger partial charge >= 0.3 is 0 Å². The van der Waals surface area contributed by atoms with Crippen LogP contribution < -0.4 is 5.32 Å². The average molecular weight is 239 g/mol. The van der Waals surface area contributed by atoms with E-state index in [0.717, 1.165) is 13.1 Å². The summed E-state index contributed by atoms with van der Waals surface area (Å²) in [5.74, 6) is 0. The molecule has 0 bridgehead atoms. The van der Waals surface area contributed by atoms with Crippen LogP contribution >= 0.6 is 11.3 Å². The van der Waals surface area contributed by atoms with Gasteiger partial charge in [-0.1, -0.05) is 20.8 Å². The average Bonchev–Trinajstić information content (AvgIpc) is 2.52. The van der Waals surface area contributed by atoms with Gasteiger partial charge in [-0.2, -0.15) is 0 Å². The zero-order valence-corrected chi connectivity index (χ0v) is 12.1. The molecule has 0 aromatic carbocycles. The van der Waals surface area contributed by atoms with E-state index in [4.69, 9.17) is 0 Å². The van der Waals surface area contributed by atoms with Crippen LogP contribution in [0, 0.1) is 19.3 Å². The Hall–Kier alpha value is -0.340. The van der Waals surface area contributed by atoms with Crippen LogP contribution in [0.5, 0.6) is 0 Å². The van der Waals surface area contributed by atoms with Crippen LogP contribution in [0.1, 0.15) is 42.5 Å². The summed E-state index contributed by atoms with van der Waals surface area (Å²) in [6.07, 6.45) is 2.49. The summed E-state index contributed by atoms with van der Waals surface area (Å²) in [5.41, 5.74) is 1.88. The van der Waals surface area contributed by atoms with Crippen LogP contribution in [0.3, 0.4) is 0 Å². The molecule has 1 aromatic heterocycles. The molecule has 0 aliphatic heterocycles. The van der Waals surface area contributed by atoms with E-state index in [-0.39, 0.29) is 0 Å². The molecule has 0 aliphatic rings. The fourth-order valence-electron chi connectivity index (χ4n) is 1.94. The lowest BCUT2D eigenvalue weighted by Gasteiger charge is -2.24.